The van der Waals surface area contributed by atoms with E-state index in [0.717, 1.165) is 11.1 Å². The SMILES string of the molecule is N[C@H]1C[C@@H](C(=O)O)c2ccccc21. The van der Waals surface area contributed by atoms with E-state index in [1.807, 2.05) is 24.3 Å². The number of aliphatic carboxylic acids is 1. The number of benzene rings is 1. The molecule has 13 heavy (non-hydrogen) atoms. The molecule has 0 amide bonds. The summed E-state index contributed by atoms with van der Waals surface area (Å²) in [5.74, 6) is -1.19. The Hall–Kier alpha value is -1.35. The first kappa shape index (κ1) is 8.26. The van der Waals surface area contributed by atoms with Crippen molar-refractivity contribution in [1.82, 2.24) is 0 Å². The van der Waals surface area contributed by atoms with Crippen molar-refractivity contribution in [3.05, 3.63) is 35.4 Å². The van der Waals surface area contributed by atoms with Crippen molar-refractivity contribution in [3.8, 4) is 0 Å². The Morgan fingerprint density at radius 1 is 1.38 bits per heavy atom. The second-order valence-electron chi connectivity index (χ2n) is 3.36. The number of carboxylic acids is 1. The van der Waals surface area contributed by atoms with Crippen LogP contribution in [0.3, 0.4) is 0 Å². The molecule has 3 nitrogen and oxygen atoms in total. The van der Waals surface area contributed by atoms with Crippen molar-refractivity contribution in [1.29, 1.82) is 0 Å². The molecule has 0 saturated carbocycles. The molecule has 0 heterocycles. The predicted molar refractivity (Wildman–Crippen MR) is 48.4 cm³/mol. The van der Waals surface area contributed by atoms with E-state index >= 15 is 0 Å². The first-order valence-electron chi connectivity index (χ1n) is 4.27. The summed E-state index contributed by atoms with van der Waals surface area (Å²) in [6, 6.07) is 7.39. The molecule has 0 saturated heterocycles. The number of hydrogen-bond acceptors (Lipinski definition) is 2. The standard InChI is InChI=1S/C10H11NO2/c11-9-5-8(10(12)13)6-3-1-2-4-7(6)9/h1-4,8-9H,5,11H2,(H,12,13)/t8-,9+/m1/s1. The molecule has 3 N–H and O–H groups in total. The van der Waals surface area contributed by atoms with Gasteiger partial charge in [0.25, 0.3) is 0 Å². The fourth-order valence-electron chi connectivity index (χ4n) is 1.91. The summed E-state index contributed by atoms with van der Waals surface area (Å²) in [4.78, 5) is 10.9. The summed E-state index contributed by atoms with van der Waals surface area (Å²) in [5.41, 5.74) is 7.67. The van der Waals surface area contributed by atoms with Crippen LogP contribution in [0, 0.1) is 0 Å². The smallest absolute Gasteiger partial charge is 0.311 e. The maximum absolute atomic E-state index is 10.9. The van der Waals surface area contributed by atoms with Crippen LogP contribution in [-0.2, 0) is 4.79 Å². The topological polar surface area (TPSA) is 63.3 Å². The minimum absolute atomic E-state index is 0.114. The van der Waals surface area contributed by atoms with Gasteiger partial charge < -0.3 is 10.8 Å². The lowest BCUT2D eigenvalue weighted by Crippen LogP contribution is -2.10. The average molecular weight is 177 g/mol. The lowest BCUT2D eigenvalue weighted by atomic mass is 10.0. The third kappa shape index (κ3) is 1.21. The van der Waals surface area contributed by atoms with Gasteiger partial charge in [-0.3, -0.25) is 4.79 Å². The van der Waals surface area contributed by atoms with Crippen LogP contribution in [0.2, 0.25) is 0 Å². The summed E-state index contributed by atoms with van der Waals surface area (Å²) in [6.45, 7) is 0. The number of carboxylic acid groups (broad SMARTS) is 1. The molecular formula is C10H11NO2. The van der Waals surface area contributed by atoms with Gasteiger partial charge in [0, 0.05) is 6.04 Å². The zero-order valence-corrected chi connectivity index (χ0v) is 7.10. The van der Waals surface area contributed by atoms with E-state index in [1.54, 1.807) is 0 Å². The van der Waals surface area contributed by atoms with Crippen molar-refractivity contribution < 1.29 is 9.90 Å². The Morgan fingerprint density at radius 2 is 2.00 bits per heavy atom. The van der Waals surface area contributed by atoms with Crippen molar-refractivity contribution in [2.75, 3.05) is 0 Å². The number of hydrogen-bond donors (Lipinski definition) is 2. The van der Waals surface area contributed by atoms with Gasteiger partial charge in [-0.05, 0) is 17.5 Å². The molecule has 0 spiro atoms. The Morgan fingerprint density at radius 3 is 2.62 bits per heavy atom. The Balaban J connectivity index is 2.47. The van der Waals surface area contributed by atoms with Crippen LogP contribution in [0.4, 0.5) is 0 Å². The third-order valence-electron chi connectivity index (χ3n) is 2.56. The highest BCUT2D eigenvalue weighted by atomic mass is 16.4. The number of carbonyl (C=O) groups is 1. The fourth-order valence-corrected chi connectivity index (χ4v) is 1.91. The van der Waals surface area contributed by atoms with Crippen molar-refractivity contribution in [2.45, 2.75) is 18.4 Å². The summed E-state index contributed by atoms with van der Waals surface area (Å²) in [5, 5.41) is 8.92. The third-order valence-corrected chi connectivity index (χ3v) is 2.56. The minimum atomic E-state index is -0.777. The molecule has 1 aromatic carbocycles. The van der Waals surface area contributed by atoms with Crippen LogP contribution in [0.15, 0.2) is 24.3 Å². The van der Waals surface area contributed by atoms with Gasteiger partial charge in [-0.1, -0.05) is 24.3 Å². The Labute approximate surface area is 76.2 Å². The summed E-state index contributed by atoms with van der Waals surface area (Å²) in [7, 11) is 0. The average Bonchev–Trinajstić information content (AvgIpc) is 2.45. The van der Waals surface area contributed by atoms with E-state index in [-0.39, 0.29) is 6.04 Å². The molecule has 0 aliphatic heterocycles. The second-order valence-corrected chi connectivity index (χ2v) is 3.36. The van der Waals surface area contributed by atoms with E-state index in [1.165, 1.54) is 0 Å². The lowest BCUT2D eigenvalue weighted by molar-refractivity contribution is -0.138. The zero-order valence-electron chi connectivity index (χ0n) is 7.10. The number of fused-ring (bicyclic) bond motifs is 1. The van der Waals surface area contributed by atoms with Crippen molar-refractivity contribution in [2.24, 2.45) is 5.73 Å². The van der Waals surface area contributed by atoms with Crippen LogP contribution in [-0.4, -0.2) is 11.1 Å². The quantitative estimate of drug-likeness (QED) is 0.678. The molecule has 68 valence electrons. The molecule has 0 unspecified atom stereocenters. The second kappa shape index (κ2) is 2.85. The van der Waals surface area contributed by atoms with Gasteiger partial charge in [-0.2, -0.15) is 0 Å². The molecule has 2 rings (SSSR count). The highest BCUT2D eigenvalue weighted by molar-refractivity contribution is 5.78. The van der Waals surface area contributed by atoms with Crippen LogP contribution in [0.5, 0.6) is 0 Å². The van der Waals surface area contributed by atoms with Gasteiger partial charge in [0.2, 0.25) is 0 Å². The zero-order chi connectivity index (χ0) is 9.42. The lowest BCUT2D eigenvalue weighted by Gasteiger charge is -2.03. The van der Waals surface area contributed by atoms with E-state index < -0.39 is 11.9 Å². The monoisotopic (exact) mass is 177 g/mol. The minimum Gasteiger partial charge on any atom is -0.481 e. The molecule has 0 radical (unpaired) electrons. The van der Waals surface area contributed by atoms with Gasteiger partial charge in [0.1, 0.15) is 0 Å². The molecule has 1 aromatic rings. The van der Waals surface area contributed by atoms with Crippen LogP contribution < -0.4 is 5.73 Å². The molecular weight excluding hydrogens is 166 g/mol. The molecule has 0 bridgehead atoms. The molecule has 0 aromatic heterocycles. The summed E-state index contributed by atoms with van der Waals surface area (Å²) in [6.07, 6.45) is 0.523. The van der Waals surface area contributed by atoms with E-state index in [4.69, 9.17) is 10.8 Å². The van der Waals surface area contributed by atoms with Gasteiger partial charge in [0.15, 0.2) is 0 Å². The Kier molecular flexibility index (Phi) is 1.81. The first-order chi connectivity index (χ1) is 6.20. The van der Waals surface area contributed by atoms with Crippen LogP contribution >= 0.6 is 0 Å². The molecule has 1 aliphatic carbocycles. The summed E-state index contributed by atoms with van der Waals surface area (Å²) < 4.78 is 0. The molecule has 1 aliphatic rings. The van der Waals surface area contributed by atoms with Crippen LogP contribution in [0.25, 0.3) is 0 Å². The van der Waals surface area contributed by atoms with E-state index in [0.29, 0.717) is 6.42 Å². The molecule has 2 atom stereocenters. The normalized spacial score (nSPS) is 25.6. The predicted octanol–water partition coefficient (Wildman–Crippen LogP) is 1.26. The molecule has 0 fully saturated rings. The highest BCUT2D eigenvalue weighted by Gasteiger charge is 2.32. The van der Waals surface area contributed by atoms with Gasteiger partial charge in [0.05, 0.1) is 5.92 Å². The highest BCUT2D eigenvalue weighted by Crippen LogP contribution is 2.38. The van der Waals surface area contributed by atoms with E-state index in [9.17, 15) is 4.79 Å². The number of rotatable bonds is 1. The first-order valence-corrected chi connectivity index (χ1v) is 4.27. The van der Waals surface area contributed by atoms with Gasteiger partial charge in [-0.15, -0.1) is 0 Å². The van der Waals surface area contributed by atoms with Crippen molar-refractivity contribution in [3.63, 3.8) is 0 Å². The number of nitrogens with two attached hydrogens (primary N) is 1. The van der Waals surface area contributed by atoms with Gasteiger partial charge in [-0.25, -0.2) is 0 Å². The molecule has 3 heteroatoms. The maximum Gasteiger partial charge on any atom is 0.311 e. The largest absolute Gasteiger partial charge is 0.481 e. The summed E-state index contributed by atoms with van der Waals surface area (Å²) >= 11 is 0. The van der Waals surface area contributed by atoms with Crippen LogP contribution in [0.1, 0.15) is 29.5 Å². The van der Waals surface area contributed by atoms with E-state index in [2.05, 4.69) is 0 Å². The van der Waals surface area contributed by atoms with Gasteiger partial charge >= 0.3 is 5.97 Å². The maximum atomic E-state index is 10.9. The fraction of sp³-hybridized carbons (Fsp3) is 0.300. The van der Waals surface area contributed by atoms with Crippen molar-refractivity contribution >= 4 is 5.97 Å². The Bertz CT molecular complexity index is 349.